The Morgan fingerprint density at radius 3 is 2.62 bits per heavy atom. The lowest BCUT2D eigenvalue weighted by Crippen LogP contribution is -2.30. The third-order valence-corrected chi connectivity index (χ3v) is 1.77. The molecule has 0 amide bonds. The second-order valence-corrected chi connectivity index (χ2v) is 3.01. The number of aryl methyl sites for hydroxylation is 1. The van der Waals surface area contributed by atoms with Gasteiger partial charge in [0.05, 0.1) is 6.04 Å². The highest BCUT2D eigenvalue weighted by Crippen LogP contribution is 2.07. The molecule has 0 fully saturated rings. The normalized spacial score (nSPS) is 13.3. The molecular formula is C9H12F2N2. The number of rotatable bonds is 3. The Kier molecular flexibility index (Phi) is 3.31. The van der Waals surface area contributed by atoms with Crippen molar-refractivity contribution in [2.75, 3.05) is 0 Å². The number of hydrogen-bond donors (Lipinski definition) is 1. The van der Waals surface area contributed by atoms with Crippen LogP contribution in [-0.2, 0) is 6.42 Å². The molecule has 1 aromatic rings. The summed E-state index contributed by atoms with van der Waals surface area (Å²) in [5, 5.41) is 0. The Hall–Kier alpha value is -1.03. The molecule has 4 heteroatoms. The molecule has 0 aromatic carbocycles. The van der Waals surface area contributed by atoms with Crippen LogP contribution in [0.5, 0.6) is 0 Å². The molecule has 0 aliphatic rings. The van der Waals surface area contributed by atoms with Crippen LogP contribution in [-0.4, -0.2) is 17.5 Å². The molecule has 2 nitrogen and oxygen atoms in total. The topological polar surface area (TPSA) is 38.9 Å². The maximum Gasteiger partial charge on any atom is 0.253 e. The highest BCUT2D eigenvalue weighted by molar-refractivity contribution is 5.14. The van der Waals surface area contributed by atoms with Crippen molar-refractivity contribution in [1.82, 2.24) is 4.98 Å². The van der Waals surface area contributed by atoms with Crippen LogP contribution in [0.15, 0.2) is 18.3 Å². The highest BCUT2D eigenvalue weighted by atomic mass is 19.3. The molecule has 0 spiro atoms. The molecule has 1 heterocycles. The standard InChI is InChI=1S/C9H12F2N2/c1-6-2-3-7(5-13-6)4-8(12)9(10)11/h2-3,5,8-9H,4,12H2,1H3. The average molecular weight is 186 g/mol. The highest BCUT2D eigenvalue weighted by Gasteiger charge is 2.15. The first-order chi connectivity index (χ1) is 6.09. The predicted octanol–water partition coefficient (Wildman–Crippen LogP) is 1.52. The maximum atomic E-state index is 12.0. The van der Waals surface area contributed by atoms with Crippen LogP contribution in [0.1, 0.15) is 11.3 Å². The van der Waals surface area contributed by atoms with Crippen molar-refractivity contribution in [1.29, 1.82) is 0 Å². The number of nitrogens with zero attached hydrogens (tertiary/aromatic N) is 1. The van der Waals surface area contributed by atoms with Crippen molar-refractivity contribution in [2.24, 2.45) is 5.73 Å². The minimum absolute atomic E-state index is 0.172. The lowest BCUT2D eigenvalue weighted by molar-refractivity contribution is 0.116. The molecule has 0 saturated heterocycles. The van der Waals surface area contributed by atoms with E-state index in [2.05, 4.69) is 4.98 Å². The van der Waals surface area contributed by atoms with Gasteiger partial charge in [0.25, 0.3) is 6.43 Å². The summed E-state index contributed by atoms with van der Waals surface area (Å²) in [5.74, 6) is 0. The number of hydrogen-bond acceptors (Lipinski definition) is 2. The summed E-state index contributed by atoms with van der Waals surface area (Å²) in [6.07, 6.45) is -0.719. The lowest BCUT2D eigenvalue weighted by Gasteiger charge is -2.09. The van der Waals surface area contributed by atoms with Gasteiger partial charge in [0.15, 0.2) is 0 Å². The summed E-state index contributed by atoms with van der Waals surface area (Å²) in [4.78, 5) is 3.99. The Bertz CT molecular complexity index is 259. The molecule has 13 heavy (non-hydrogen) atoms. The molecular weight excluding hydrogens is 174 g/mol. The Balaban J connectivity index is 2.59. The van der Waals surface area contributed by atoms with Crippen LogP contribution in [0.3, 0.4) is 0 Å². The van der Waals surface area contributed by atoms with E-state index in [1.807, 2.05) is 6.92 Å². The van der Waals surface area contributed by atoms with Crippen molar-refractivity contribution in [2.45, 2.75) is 25.8 Å². The summed E-state index contributed by atoms with van der Waals surface area (Å²) < 4.78 is 24.1. The van der Waals surface area contributed by atoms with Crippen LogP contribution < -0.4 is 5.73 Å². The first kappa shape index (κ1) is 10.1. The molecule has 1 atom stereocenters. The van der Waals surface area contributed by atoms with Crippen LogP contribution in [0.4, 0.5) is 8.78 Å². The van der Waals surface area contributed by atoms with Gasteiger partial charge in [-0.05, 0) is 25.0 Å². The molecule has 0 saturated carbocycles. The number of nitrogens with two attached hydrogens (primary N) is 1. The first-order valence-corrected chi connectivity index (χ1v) is 4.05. The third-order valence-electron chi connectivity index (χ3n) is 1.77. The Morgan fingerprint density at radius 1 is 1.46 bits per heavy atom. The van der Waals surface area contributed by atoms with Crippen molar-refractivity contribution in [3.63, 3.8) is 0 Å². The van der Waals surface area contributed by atoms with Gasteiger partial charge in [-0.15, -0.1) is 0 Å². The zero-order valence-electron chi connectivity index (χ0n) is 7.37. The number of alkyl halides is 2. The van der Waals surface area contributed by atoms with Crippen molar-refractivity contribution in [3.05, 3.63) is 29.6 Å². The lowest BCUT2D eigenvalue weighted by atomic mass is 10.1. The third kappa shape index (κ3) is 3.06. The van der Waals surface area contributed by atoms with E-state index in [9.17, 15) is 8.78 Å². The van der Waals surface area contributed by atoms with E-state index in [0.29, 0.717) is 0 Å². The van der Waals surface area contributed by atoms with Crippen molar-refractivity contribution in [3.8, 4) is 0 Å². The average Bonchev–Trinajstić information content (AvgIpc) is 2.08. The molecule has 0 radical (unpaired) electrons. The molecule has 1 rings (SSSR count). The van der Waals surface area contributed by atoms with E-state index in [1.54, 1.807) is 18.3 Å². The Morgan fingerprint density at radius 2 is 2.15 bits per heavy atom. The summed E-state index contributed by atoms with van der Waals surface area (Å²) >= 11 is 0. The van der Waals surface area contributed by atoms with Crippen LogP contribution in [0.25, 0.3) is 0 Å². The number of aromatic nitrogens is 1. The maximum absolute atomic E-state index is 12.0. The van der Waals surface area contributed by atoms with Gasteiger partial charge in [0.1, 0.15) is 0 Å². The van der Waals surface area contributed by atoms with Crippen LogP contribution >= 0.6 is 0 Å². The first-order valence-electron chi connectivity index (χ1n) is 4.05. The van der Waals surface area contributed by atoms with Gasteiger partial charge >= 0.3 is 0 Å². The summed E-state index contributed by atoms with van der Waals surface area (Å²) in [6, 6.07) is 2.46. The zero-order chi connectivity index (χ0) is 9.84. The van der Waals surface area contributed by atoms with Gasteiger partial charge in [0, 0.05) is 11.9 Å². The van der Waals surface area contributed by atoms with E-state index in [1.165, 1.54) is 0 Å². The molecule has 0 aliphatic carbocycles. The quantitative estimate of drug-likeness (QED) is 0.777. The summed E-state index contributed by atoms with van der Waals surface area (Å²) in [6.45, 7) is 1.84. The smallest absolute Gasteiger partial charge is 0.253 e. The van der Waals surface area contributed by atoms with E-state index < -0.39 is 12.5 Å². The van der Waals surface area contributed by atoms with E-state index in [-0.39, 0.29) is 6.42 Å². The minimum Gasteiger partial charge on any atom is -0.323 e. The second kappa shape index (κ2) is 4.28. The van der Waals surface area contributed by atoms with Gasteiger partial charge in [-0.3, -0.25) is 4.98 Å². The van der Waals surface area contributed by atoms with Crippen LogP contribution in [0.2, 0.25) is 0 Å². The predicted molar refractivity (Wildman–Crippen MR) is 46.7 cm³/mol. The van der Waals surface area contributed by atoms with E-state index in [0.717, 1.165) is 11.3 Å². The molecule has 0 aliphatic heterocycles. The van der Waals surface area contributed by atoms with Crippen molar-refractivity contribution >= 4 is 0 Å². The molecule has 2 N–H and O–H groups in total. The minimum atomic E-state index is -2.47. The largest absolute Gasteiger partial charge is 0.323 e. The van der Waals surface area contributed by atoms with Gasteiger partial charge in [-0.2, -0.15) is 0 Å². The molecule has 72 valence electrons. The Labute approximate surface area is 75.8 Å². The molecule has 1 unspecified atom stereocenters. The van der Waals surface area contributed by atoms with E-state index >= 15 is 0 Å². The molecule has 0 bridgehead atoms. The number of halogens is 2. The fourth-order valence-corrected chi connectivity index (χ4v) is 0.980. The second-order valence-electron chi connectivity index (χ2n) is 3.01. The van der Waals surface area contributed by atoms with Crippen molar-refractivity contribution < 1.29 is 8.78 Å². The zero-order valence-corrected chi connectivity index (χ0v) is 7.37. The van der Waals surface area contributed by atoms with E-state index in [4.69, 9.17) is 5.73 Å². The van der Waals surface area contributed by atoms with Gasteiger partial charge < -0.3 is 5.73 Å². The van der Waals surface area contributed by atoms with Gasteiger partial charge in [0.2, 0.25) is 0 Å². The fraction of sp³-hybridized carbons (Fsp3) is 0.444. The monoisotopic (exact) mass is 186 g/mol. The van der Waals surface area contributed by atoms with Crippen LogP contribution in [0, 0.1) is 6.92 Å². The summed E-state index contributed by atoms with van der Waals surface area (Å²) in [7, 11) is 0. The van der Waals surface area contributed by atoms with Gasteiger partial charge in [-0.25, -0.2) is 8.78 Å². The summed E-state index contributed by atoms with van der Waals surface area (Å²) in [5.41, 5.74) is 6.83. The van der Waals surface area contributed by atoms with Gasteiger partial charge in [-0.1, -0.05) is 6.07 Å². The number of pyridine rings is 1. The fourth-order valence-electron chi connectivity index (χ4n) is 0.980. The molecule has 1 aromatic heterocycles. The SMILES string of the molecule is Cc1ccc(CC(N)C(F)F)cn1.